The number of furan rings is 1. The fourth-order valence-electron chi connectivity index (χ4n) is 4.00. The minimum Gasteiger partial charge on any atom is -0.463 e. The average molecular weight is 409 g/mol. The molecule has 1 aliphatic rings. The molecule has 0 aliphatic carbocycles. The quantitative estimate of drug-likeness (QED) is 0.549. The Morgan fingerprint density at radius 3 is 2.77 bits per heavy atom. The van der Waals surface area contributed by atoms with E-state index in [0.29, 0.717) is 46.6 Å². The van der Waals surface area contributed by atoms with Crippen molar-refractivity contribution in [3.05, 3.63) is 71.2 Å². The smallest absolute Gasteiger partial charge is 0.257 e. The second-order valence-corrected chi connectivity index (χ2v) is 7.22. The fourth-order valence-corrected chi connectivity index (χ4v) is 4.00. The van der Waals surface area contributed by atoms with Crippen molar-refractivity contribution in [2.24, 2.45) is 12.8 Å². The molecule has 1 aliphatic heterocycles. The molecule has 2 N–H and O–H groups in total. The van der Waals surface area contributed by atoms with E-state index in [0.717, 1.165) is 11.6 Å². The number of amides is 1. The highest BCUT2D eigenvalue weighted by Crippen LogP contribution is 2.34. The molecule has 1 atom stereocenters. The fraction of sp³-hybridized carbons (Fsp3) is 0.190. The molecule has 1 aromatic carbocycles. The molecule has 7 nitrogen and oxygen atoms in total. The van der Waals surface area contributed by atoms with Crippen LogP contribution in [0.2, 0.25) is 0 Å². The zero-order valence-electron chi connectivity index (χ0n) is 16.0. The third-order valence-electron chi connectivity index (χ3n) is 5.34. The second-order valence-electron chi connectivity index (χ2n) is 7.22. The van der Waals surface area contributed by atoms with Gasteiger partial charge in [0, 0.05) is 43.0 Å². The van der Waals surface area contributed by atoms with E-state index < -0.39 is 17.8 Å². The van der Waals surface area contributed by atoms with Gasteiger partial charge < -0.3 is 15.1 Å². The molecule has 1 amide bonds. The standard InChI is InChI=1S/C21H17F2N5O2/c1-27-19(11-6-13(22)9-14(23)7-11)15-2-4-28(20(24)18(15)26-27)21(29)12-8-17-16(25-10-12)3-5-30-17/h3,5-10,20H,2,4,24H2,1H3/t20-/m1/s1. The first-order valence-electron chi connectivity index (χ1n) is 9.34. The lowest BCUT2D eigenvalue weighted by Gasteiger charge is -2.32. The molecule has 0 spiro atoms. The van der Waals surface area contributed by atoms with Gasteiger partial charge in [0.25, 0.3) is 5.91 Å². The number of carbonyl (C=O) groups is 1. The third kappa shape index (κ3) is 2.86. The molecule has 0 unspecified atom stereocenters. The van der Waals surface area contributed by atoms with Crippen LogP contribution < -0.4 is 5.73 Å². The number of fused-ring (bicyclic) bond motifs is 2. The number of pyridine rings is 1. The van der Waals surface area contributed by atoms with Crippen LogP contribution in [0, 0.1) is 11.6 Å². The van der Waals surface area contributed by atoms with E-state index in [4.69, 9.17) is 10.2 Å². The second kappa shape index (κ2) is 6.74. The topological polar surface area (TPSA) is 90.2 Å². The number of halogens is 2. The number of hydrogen-bond donors (Lipinski definition) is 1. The zero-order valence-corrected chi connectivity index (χ0v) is 16.0. The maximum absolute atomic E-state index is 13.7. The summed E-state index contributed by atoms with van der Waals surface area (Å²) in [5, 5.41) is 4.45. The number of benzene rings is 1. The maximum Gasteiger partial charge on any atom is 0.257 e. The summed E-state index contributed by atoms with van der Waals surface area (Å²) in [4.78, 5) is 18.8. The monoisotopic (exact) mass is 409 g/mol. The lowest BCUT2D eigenvalue weighted by Crippen LogP contribution is -2.44. The Morgan fingerprint density at radius 2 is 2.00 bits per heavy atom. The Bertz CT molecular complexity index is 1280. The molecule has 0 bridgehead atoms. The first-order valence-corrected chi connectivity index (χ1v) is 9.34. The highest BCUT2D eigenvalue weighted by atomic mass is 19.1. The van der Waals surface area contributed by atoms with Crippen LogP contribution in [0.5, 0.6) is 0 Å². The van der Waals surface area contributed by atoms with Crippen LogP contribution in [-0.2, 0) is 13.5 Å². The van der Waals surface area contributed by atoms with Crippen molar-refractivity contribution >= 4 is 17.0 Å². The third-order valence-corrected chi connectivity index (χ3v) is 5.34. The van der Waals surface area contributed by atoms with Crippen molar-refractivity contribution in [2.45, 2.75) is 12.6 Å². The molecular formula is C21H17F2N5O2. The van der Waals surface area contributed by atoms with E-state index >= 15 is 0 Å². The van der Waals surface area contributed by atoms with Gasteiger partial charge in [-0.3, -0.25) is 14.5 Å². The summed E-state index contributed by atoms with van der Waals surface area (Å²) in [5.41, 5.74) is 10.2. The number of nitrogens with zero attached hydrogens (tertiary/aromatic N) is 4. The van der Waals surface area contributed by atoms with E-state index in [1.807, 2.05) is 0 Å². The molecular weight excluding hydrogens is 392 g/mol. The molecule has 4 heterocycles. The van der Waals surface area contributed by atoms with Crippen molar-refractivity contribution < 1.29 is 18.0 Å². The summed E-state index contributed by atoms with van der Waals surface area (Å²) in [6.45, 7) is 0.333. The van der Waals surface area contributed by atoms with Gasteiger partial charge in [-0.2, -0.15) is 5.10 Å². The van der Waals surface area contributed by atoms with Crippen molar-refractivity contribution in [1.29, 1.82) is 0 Å². The Hall–Kier alpha value is -3.59. The van der Waals surface area contributed by atoms with Crippen LogP contribution in [-0.4, -0.2) is 32.1 Å². The average Bonchev–Trinajstić information content (AvgIpc) is 3.30. The Balaban J connectivity index is 1.51. The molecule has 152 valence electrons. The Morgan fingerprint density at radius 1 is 1.23 bits per heavy atom. The van der Waals surface area contributed by atoms with Gasteiger partial charge in [0.2, 0.25) is 0 Å². The Kier molecular flexibility index (Phi) is 4.14. The number of aryl methyl sites for hydroxylation is 1. The van der Waals surface area contributed by atoms with E-state index in [1.165, 1.54) is 29.5 Å². The van der Waals surface area contributed by atoms with Crippen LogP contribution in [0.4, 0.5) is 8.78 Å². The van der Waals surface area contributed by atoms with Gasteiger partial charge in [-0.15, -0.1) is 0 Å². The highest BCUT2D eigenvalue weighted by molar-refractivity contribution is 5.96. The minimum atomic E-state index is -0.799. The molecule has 0 saturated carbocycles. The van der Waals surface area contributed by atoms with Crippen LogP contribution >= 0.6 is 0 Å². The number of nitrogens with two attached hydrogens (primary N) is 1. The summed E-state index contributed by atoms with van der Waals surface area (Å²) in [5.74, 6) is -1.63. The molecule has 3 aromatic heterocycles. The van der Waals surface area contributed by atoms with Crippen molar-refractivity contribution in [3.63, 3.8) is 0 Å². The van der Waals surface area contributed by atoms with E-state index in [-0.39, 0.29) is 5.91 Å². The van der Waals surface area contributed by atoms with Crippen molar-refractivity contribution in [1.82, 2.24) is 19.7 Å². The van der Waals surface area contributed by atoms with Gasteiger partial charge in [0.15, 0.2) is 5.58 Å². The highest BCUT2D eigenvalue weighted by Gasteiger charge is 2.34. The number of rotatable bonds is 2. The van der Waals surface area contributed by atoms with Crippen LogP contribution in [0.25, 0.3) is 22.4 Å². The first kappa shape index (κ1) is 18.4. The van der Waals surface area contributed by atoms with Gasteiger partial charge in [-0.05, 0) is 24.6 Å². The van der Waals surface area contributed by atoms with Gasteiger partial charge >= 0.3 is 0 Å². The van der Waals surface area contributed by atoms with Crippen LogP contribution in [0.15, 0.2) is 47.2 Å². The van der Waals surface area contributed by atoms with E-state index in [2.05, 4.69) is 10.1 Å². The summed E-state index contributed by atoms with van der Waals surface area (Å²) in [7, 11) is 1.68. The van der Waals surface area contributed by atoms with Crippen LogP contribution in [0.3, 0.4) is 0 Å². The number of carbonyl (C=O) groups excluding carboxylic acids is 1. The molecule has 9 heteroatoms. The molecule has 0 saturated heterocycles. The molecule has 0 radical (unpaired) electrons. The summed E-state index contributed by atoms with van der Waals surface area (Å²) in [6, 6.07) is 6.68. The largest absolute Gasteiger partial charge is 0.463 e. The molecule has 4 aromatic rings. The SMILES string of the molecule is Cn1nc2c(c1-c1cc(F)cc(F)c1)CCN(C(=O)c1cnc3ccoc3c1)[C@H]2N. The normalized spacial score (nSPS) is 16.1. The zero-order chi connectivity index (χ0) is 21.0. The lowest BCUT2D eigenvalue weighted by molar-refractivity contribution is 0.0661. The predicted molar refractivity (Wildman–Crippen MR) is 104 cm³/mol. The maximum atomic E-state index is 13.7. The number of aromatic nitrogens is 3. The van der Waals surface area contributed by atoms with Crippen molar-refractivity contribution in [3.8, 4) is 11.3 Å². The van der Waals surface area contributed by atoms with Crippen molar-refractivity contribution in [2.75, 3.05) is 6.54 Å². The predicted octanol–water partition coefficient (Wildman–Crippen LogP) is 3.16. The van der Waals surface area contributed by atoms with Gasteiger partial charge in [0.05, 0.1) is 17.5 Å². The Labute approximate surface area is 169 Å². The summed E-state index contributed by atoms with van der Waals surface area (Å²) >= 11 is 0. The molecule has 0 fully saturated rings. The number of hydrogen-bond acceptors (Lipinski definition) is 5. The van der Waals surface area contributed by atoms with Gasteiger partial charge in [0.1, 0.15) is 29.0 Å². The summed E-state index contributed by atoms with van der Waals surface area (Å²) in [6.07, 6.45) is 2.65. The van der Waals surface area contributed by atoms with Crippen LogP contribution in [0.1, 0.15) is 27.8 Å². The van der Waals surface area contributed by atoms with E-state index in [9.17, 15) is 13.6 Å². The van der Waals surface area contributed by atoms with Gasteiger partial charge in [-0.1, -0.05) is 0 Å². The summed E-state index contributed by atoms with van der Waals surface area (Å²) < 4.78 is 34.4. The van der Waals surface area contributed by atoms with Gasteiger partial charge in [-0.25, -0.2) is 8.78 Å². The van der Waals surface area contributed by atoms with E-state index in [1.54, 1.807) is 23.9 Å². The lowest BCUT2D eigenvalue weighted by atomic mass is 9.97. The molecule has 5 rings (SSSR count). The molecule has 30 heavy (non-hydrogen) atoms. The minimum absolute atomic E-state index is 0.289. The first-order chi connectivity index (χ1) is 14.4.